The minimum Gasteiger partial charge on any atom is -0.507 e. The van der Waals surface area contributed by atoms with Gasteiger partial charge in [-0.25, -0.2) is 0 Å². The smallest absolute Gasteiger partial charge is 0.308 e. The molecule has 1 unspecified atom stereocenters. The Kier molecular flexibility index (Phi) is 6.59. The Balaban J connectivity index is 2.20. The average molecular weight is 421 g/mol. The molecular formula is C25H27NO5. The summed E-state index contributed by atoms with van der Waals surface area (Å²) in [6.07, 6.45) is 1.57. The van der Waals surface area contributed by atoms with Gasteiger partial charge in [-0.2, -0.15) is 0 Å². The summed E-state index contributed by atoms with van der Waals surface area (Å²) in [5.41, 5.74) is 2.90. The minimum absolute atomic E-state index is 0.0507. The number of carbonyl (C=O) groups is 3. The molecule has 6 heteroatoms. The molecular weight excluding hydrogens is 394 g/mol. The molecule has 31 heavy (non-hydrogen) atoms. The predicted molar refractivity (Wildman–Crippen MR) is 118 cm³/mol. The number of ether oxygens (including phenoxy) is 1. The predicted octanol–water partition coefficient (Wildman–Crippen LogP) is 4.45. The number of likely N-dealkylation sites (tertiary alicyclic amines) is 1. The van der Waals surface area contributed by atoms with E-state index in [0.29, 0.717) is 23.4 Å². The van der Waals surface area contributed by atoms with Crippen LogP contribution in [0, 0.1) is 13.8 Å². The van der Waals surface area contributed by atoms with Gasteiger partial charge in [0, 0.05) is 19.0 Å². The van der Waals surface area contributed by atoms with Crippen LogP contribution < -0.4 is 4.74 Å². The molecule has 2 aromatic rings. The number of unbranched alkanes of at least 4 members (excludes halogenated alkanes) is 1. The Morgan fingerprint density at radius 2 is 1.87 bits per heavy atom. The van der Waals surface area contributed by atoms with E-state index in [4.69, 9.17) is 4.74 Å². The second-order valence-corrected chi connectivity index (χ2v) is 7.83. The number of hydrogen-bond donors (Lipinski definition) is 1. The standard InChI is InChI=1S/C25H27NO5/c1-5-6-12-26-22(18-8-7-9-19(14-18)31-17(4)27)21(24(29)25(26)30)23(28)20-13-15(2)10-11-16(20)3/h7-11,13-14,22,28H,5-6,12H2,1-4H3/b23-21+. The van der Waals surface area contributed by atoms with Gasteiger partial charge in [0.1, 0.15) is 11.5 Å². The number of rotatable bonds is 6. The highest BCUT2D eigenvalue weighted by Crippen LogP contribution is 2.40. The number of nitrogens with zero attached hydrogens (tertiary/aromatic N) is 1. The molecule has 1 saturated heterocycles. The van der Waals surface area contributed by atoms with Crippen molar-refractivity contribution in [2.45, 2.75) is 46.6 Å². The van der Waals surface area contributed by atoms with Crippen LogP contribution in [0.3, 0.4) is 0 Å². The highest BCUT2D eigenvalue weighted by molar-refractivity contribution is 6.46. The summed E-state index contributed by atoms with van der Waals surface area (Å²) in [7, 11) is 0. The van der Waals surface area contributed by atoms with Crippen LogP contribution in [-0.4, -0.2) is 34.2 Å². The molecule has 1 heterocycles. The zero-order valence-electron chi connectivity index (χ0n) is 18.3. The number of amides is 1. The fraction of sp³-hybridized carbons (Fsp3) is 0.320. The Bertz CT molecular complexity index is 1070. The number of carbonyl (C=O) groups excluding carboxylic acids is 3. The average Bonchev–Trinajstić information content (AvgIpc) is 2.98. The third-order valence-corrected chi connectivity index (χ3v) is 5.38. The van der Waals surface area contributed by atoms with Gasteiger partial charge in [0.05, 0.1) is 11.6 Å². The number of benzene rings is 2. The van der Waals surface area contributed by atoms with Crippen LogP contribution in [0.1, 0.15) is 55.0 Å². The van der Waals surface area contributed by atoms with Gasteiger partial charge in [0.15, 0.2) is 0 Å². The number of esters is 1. The van der Waals surface area contributed by atoms with E-state index in [1.807, 2.05) is 32.9 Å². The van der Waals surface area contributed by atoms with Crippen molar-refractivity contribution in [1.82, 2.24) is 4.90 Å². The van der Waals surface area contributed by atoms with Crippen molar-refractivity contribution in [3.63, 3.8) is 0 Å². The van der Waals surface area contributed by atoms with Crippen LogP contribution in [0.15, 0.2) is 48.0 Å². The van der Waals surface area contributed by atoms with Gasteiger partial charge in [0.2, 0.25) is 0 Å². The highest BCUT2D eigenvalue weighted by Gasteiger charge is 2.46. The van der Waals surface area contributed by atoms with Gasteiger partial charge < -0.3 is 14.7 Å². The second-order valence-electron chi connectivity index (χ2n) is 7.83. The molecule has 1 fully saturated rings. The lowest BCUT2D eigenvalue weighted by Crippen LogP contribution is -2.30. The summed E-state index contributed by atoms with van der Waals surface area (Å²) in [6, 6.07) is 11.6. The molecule has 1 N–H and O–H groups in total. The van der Waals surface area contributed by atoms with E-state index in [1.54, 1.807) is 30.3 Å². The summed E-state index contributed by atoms with van der Waals surface area (Å²) >= 11 is 0. The van der Waals surface area contributed by atoms with Gasteiger partial charge in [-0.05, 0) is 49.6 Å². The van der Waals surface area contributed by atoms with E-state index in [1.165, 1.54) is 11.8 Å². The van der Waals surface area contributed by atoms with Crippen molar-refractivity contribution >= 4 is 23.4 Å². The molecule has 0 spiro atoms. The fourth-order valence-electron chi connectivity index (χ4n) is 3.84. The SMILES string of the molecule is CCCCN1C(=O)C(=O)/C(=C(/O)c2cc(C)ccc2C)C1c1cccc(OC(C)=O)c1. The minimum atomic E-state index is -0.762. The van der Waals surface area contributed by atoms with Crippen LogP contribution in [0.2, 0.25) is 0 Å². The Hall–Kier alpha value is -3.41. The number of hydrogen-bond acceptors (Lipinski definition) is 5. The van der Waals surface area contributed by atoms with Gasteiger partial charge in [0.25, 0.3) is 11.7 Å². The van der Waals surface area contributed by atoms with Crippen LogP contribution >= 0.6 is 0 Å². The largest absolute Gasteiger partial charge is 0.507 e. The van der Waals surface area contributed by atoms with Crippen molar-refractivity contribution in [3.05, 3.63) is 70.3 Å². The lowest BCUT2D eigenvalue weighted by Gasteiger charge is -2.25. The number of aryl methyl sites for hydroxylation is 2. The summed E-state index contributed by atoms with van der Waals surface area (Å²) < 4.78 is 5.19. The first kappa shape index (κ1) is 22.3. The maximum Gasteiger partial charge on any atom is 0.308 e. The van der Waals surface area contributed by atoms with E-state index in [0.717, 1.165) is 24.0 Å². The molecule has 1 aliphatic heterocycles. The first-order valence-corrected chi connectivity index (χ1v) is 10.4. The van der Waals surface area contributed by atoms with Crippen molar-refractivity contribution < 1.29 is 24.2 Å². The number of Topliss-reactive ketones (excluding diaryl/α,β-unsaturated/α-hetero) is 1. The summed E-state index contributed by atoms with van der Waals surface area (Å²) in [5, 5.41) is 11.2. The zero-order valence-corrected chi connectivity index (χ0v) is 18.3. The molecule has 0 aliphatic carbocycles. The first-order chi connectivity index (χ1) is 14.7. The zero-order chi connectivity index (χ0) is 22.7. The molecule has 6 nitrogen and oxygen atoms in total. The Morgan fingerprint density at radius 3 is 2.55 bits per heavy atom. The van der Waals surface area contributed by atoms with Crippen LogP contribution in [0.4, 0.5) is 0 Å². The van der Waals surface area contributed by atoms with E-state index in [9.17, 15) is 19.5 Å². The van der Waals surface area contributed by atoms with Crippen molar-refractivity contribution in [2.24, 2.45) is 0 Å². The van der Waals surface area contributed by atoms with Gasteiger partial charge in [-0.1, -0.05) is 43.2 Å². The molecule has 0 aromatic heterocycles. The first-order valence-electron chi connectivity index (χ1n) is 10.4. The third kappa shape index (κ3) is 4.53. The fourth-order valence-corrected chi connectivity index (χ4v) is 3.84. The lowest BCUT2D eigenvalue weighted by atomic mass is 9.93. The molecule has 0 radical (unpaired) electrons. The lowest BCUT2D eigenvalue weighted by molar-refractivity contribution is -0.139. The maximum atomic E-state index is 13.0. The maximum absolute atomic E-state index is 13.0. The third-order valence-electron chi connectivity index (χ3n) is 5.38. The monoisotopic (exact) mass is 421 g/mol. The van der Waals surface area contributed by atoms with Crippen LogP contribution in [-0.2, 0) is 14.4 Å². The molecule has 1 atom stereocenters. The van der Waals surface area contributed by atoms with Crippen LogP contribution in [0.5, 0.6) is 5.75 Å². The van der Waals surface area contributed by atoms with Crippen molar-refractivity contribution in [3.8, 4) is 5.75 Å². The van der Waals surface area contributed by atoms with Gasteiger partial charge in [-0.15, -0.1) is 0 Å². The Labute approximate surface area is 182 Å². The number of ketones is 1. The van der Waals surface area contributed by atoms with E-state index >= 15 is 0 Å². The Morgan fingerprint density at radius 1 is 1.13 bits per heavy atom. The summed E-state index contributed by atoms with van der Waals surface area (Å²) in [6.45, 7) is 7.44. The molecule has 0 bridgehead atoms. The van der Waals surface area contributed by atoms with Gasteiger partial charge in [-0.3, -0.25) is 14.4 Å². The van der Waals surface area contributed by atoms with Crippen molar-refractivity contribution in [1.29, 1.82) is 0 Å². The molecule has 3 rings (SSSR count). The molecule has 1 amide bonds. The molecule has 2 aromatic carbocycles. The van der Waals surface area contributed by atoms with E-state index in [-0.39, 0.29) is 11.3 Å². The summed E-state index contributed by atoms with van der Waals surface area (Å²) in [4.78, 5) is 38.8. The van der Waals surface area contributed by atoms with Crippen molar-refractivity contribution in [2.75, 3.05) is 6.54 Å². The normalized spacial score (nSPS) is 17.8. The quantitative estimate of drug-likeness (QED) is 0.245. The van der Waals surface area contributed by atoms with E-state index < -0.39 is 23.7 Å². The van der Waals surface area contributed by atoms with E-state index in [2.05, 4.69) is 0 Å². The van der Waals surface area contributed by atoms with Crippen LogP contribution in [0.25, 0.3) is 5.76 Å². The topological polar surface area (TPSA) is 83.9 Å². The number of aliphatic hydroxyl groups is 1. The highest BCUT2D eigenvalue weighted by atomic mass is 16.5. The molecule has 162 valence electrons. The van der Waals surface area contributed by atoms with Gasteiger partial charge >= 0.3 is 5.97 Å². The molecule has 1 aliphatic rings. The second kappa shape index (κ2) is 9.16. The molecule has 0 saturated carbocycles. The number of aliphatic hydroxyl groups excluding tert-OH is 1. The summed E-state index contributed by atoms with van der Waals surface area (Å²) in [5.74, 6) is -1.69.